The third kappa shape index (κ3) is 5.50. The molecule has 0 aliphatic rings. The van der Waals surface area contributed by atoms with Crippen molar-refractivity contribution in [2.24, 2.45) is 0 Å². The SMILES string of the molecule is O=C(Oc1cnc(-c2ccccc2)cc1N(C(=O)c1ccccc1)c1ccc(Br)cc1)c1ccccc1. The van der Waals surface area contributed by atoms with Gasteiger partial charge in [0.05, 0.1) is 23.1 Å². The molecule has 0 radical (unpaired) electrons. The van der Waals surface area contributed by atoms with E-state index in [4.69, 9.17) is 4.74 Å². The number of ether oxygens (including phenoxy) is 1. The molecule has 0 saturated heterocycles. The van der Waals surface area contributed by atoms with Crippen molar-refractivity contribution in [2.45, 2.75) is 0 Å². The zero-order valence-corrected chi connectivity index (χ0v) is 21.2. The van der Waals surface area contributed by atoms with Gasteiger partial charge in [-0.25, -0.2) is 4.79 Å². The number of nitrogens with zero attached hydrogens (tertiary/aromatic N) is 2. The molecule has 1 aromatic heterocycles. The lowest BCUT2D eigenvalue weighted by molar-refractivity contribution is 0.0733. The maximum atomic E-state index is 13.9. The Bertz CT molecular complexity index is 1520. The molecule has 0 bridgehead atoms. The van der Waals surface area contributed by atoms with Crippen LogP contribution in [-0.4, -0.2) is 16.9 Å². The quantitative estimate of drug-likeness (QED) is 0.204. The van der Waals surface area contributed by atoms with Crippen molar-refractivity contribution < 1.29 is 14.3 Å². The second-order valence-electron chi connectivity index (χ2n) is 8.14. The number of rotatable bonds is 6. The number of carbonyl (C=O) groups is 2. The Balaban J connectivity index is 1.68. The Kier molecular flexibility index (Phi) is 7.19. The van der Waals surface area contributed by atoms with Crippen molar-refractivity contribution >= 4 is 39.2 Å². The van der Waals surface area contributed by atoms with Crippen molar-refractivity contribution in [1.29, 1.82) is 0 Å². The molecule has 37 heavy (non-hydrogen) atoms. The summed E-state index contributed by atoms with van der Waals surface area (Å²) in [6.45, 7) is 0. The molecule has 0 atom stereocenters. The minimum absolute atomic E-state index is 0.167. The van der Waals surface area contributed by atoms with Crippen molar-refractivity contribution in [3.63, 3.8) is 0 Å². The molecule has 5 aromatic rings. The number of halogens is 1. The Morgan fingerprint density at radius 3 is 1.89 bits per heavy atom. The summed E-state index contributed by atoms with van der Waals surface area (Å²) < 4.78 is 6.70. The van der Waals surface area contributed by atoms with Crippen LogP contribution in [0.4, 0.5) is 11.4 Å². The molecule has 4 aromatic carbocycles. The van der Waals surface area contributed by atoms with E-state index in [0.717, 1.165) is 10.0 Å². The fraction of sp³-hybridized carbons (Fsp3) is 0. The van der Waals surface area contributed by atoms with Crippen LogP contribution < -0.4 is 9.64 Å². The fourth-order valence-corrected chi connectivity index (χ4v) is 4.12. The zero-order valence-electron chi connectivity index (χ0n) is 19.6. The number of esters is 1. The Labute approximate surface area is 223 Å². The van der Waals surface area contributed by atoms with Gasteiger partial charge in [-0.1, -0.05) is 82.7 Å². The highest BCUT2D eigenvalue weighted by molar-refractivity contribution is 9.10. The van der Waals surface area contributed by atoms with Crippen LogP contribution in [0.25, 0.3) is 11.3 Å². The predicted octanol–water partition coefficient (Wildman–Crippen LogP) is 7.71. The van der Waals surface area contributed by atoms with E-state index < -0.39 is 5.97 Å². The average molecular weight is 549 g/mol. The predicted molar refractivity (Wildman–Crippen MR) is 148 cm³/mol. The van der Waals surface area contributed by atoms with E-state index in [-0.39, 0.29) is 11.7 Å². The van der Waals surface area contributed by atoms with Gasteiger partial charge in [-0.3, -0.25) is 14.7 Å². The van der Waals surface area contributed by atoms with Gasteiger partial charge >= 0.3 is 5.97 Å². The molecular weight excluding hydrogens is 528 g/mol. The summed E-state index contributed by atoms with van der Waals surface area (Å²) in [7, 11) is 0. The highest BCUT2D eigenvalue weighted by atomic mass is 79.9. The number of hydrogen-bond donors (Lipinski definition) is 0. The number of anilines is 2. The van der Waals surface area contributed by atoms with Crippen LogP contribution in [-0.2, 0) is 0 Å². The second-order valence-corrected chi connectivity index (χ2v) is 9.06. The van der Waals surface area contributed by atoms with Crippen LogP contribution in [0.3, 0.4) is 0 Å². The highest BCUT2D eigenvalue weighted by Crippen LogP contribution is 2.38. The van der Waals surface area contributed by atoms with E-state index in [1.54, 1.807) is 47.4 Å². The maximum Gasteiger partial charge on any atom is 0.343 e. The van der Waals surface area contributed by atoms with Crippen LogP contribution in [0, 0.1) is 0 Å². The van der Waals surface area contributed by atoms with Gasteiger partial charge in [0.2, 0.25) is 0 Å². The summed E-state index contributed by atoms with van der Waals surface area (Å²) in [6.07, 6.45) is 1.49. The van der Waals surface area contributed by atoms with E-state index in [9.17, 15) is 9.59 Å². The molecule has 1 amide bonds. The molecule has 0 saturated carbocycles. The number of carbonyl (C=O) groups excluding carboxylic acids is 2. The molecule has 0 N–H and O–H groups in total. The van der Waals surface area contributed by atoms with E-state index in [1.807, 2.05) is 78.9 Å². The lowest BCUT2D eigenvalue weighted by Crippen LogP contribution is -2.27. The van der Waals surface area contributed by atoms with Gasteiger partial charge in [0.15, 0.2) is 5.75 Å². The molecule has 6 heteroatoms. The second kappa shape index (κ2) is 11.0. The minimum atomic E-state index is -0.543. The number of hydrogen-bond acceptors (Lipinski definition) is 4. The lowest BCUT2D eigenvalue weighted by atomic mass is 10.1. The molecule has 0 aliphatic carbocycles. The topological polar surface area (TPSA) is 59.5 Å². The molecule has 1 heterocycles. The molecule has 5 nitrogen and oxygen atoms in total. The van der Waals surface area contributed by atoms with Crippen molar-refractivity contribution in [3.8, 4) is 17.0 Å². The minimum Gasteiger partial charge on any atom is -0.419 e. The molecule has 0 unspecified atom stereocenters. The van der Waals surface area contributed by atoms with Crippen LogP contribution >= 0.6 is 15.9 Å². The molecule has 0 spiro atoms. The van der Waals surface area contributed by atoms with E-state index in [2.05, 4.69) is 20.9 Å². The molecular formula is C31H21BrN2O3. The average Bonchev–Trinajstić information content (AvgIpc) is 2.96. The summed E-state index contributed by atoms with van der Waals surface area (Å²) in [6, 6.07) is 36.5. The standard InChI is InChI=1S/C31H21BrN2O3/c32-25-16-18-26(19-17-25)34(30(35)23-12-6-2-7-13-23)28-20-27(22-10-4-1-5-11-22)33-21-29(28)37-31(36)24-14-8-3-9-15-24/h1-21H. The summed E-state index contributed by atoms with van der Waals surface area (Å²) >= 11 is 3.47. The molecule has 180 valence electrons. The van der Waals surface area contributed by atoms with E-state index in [0.29, 0.717) is 28.2 Å². The van der Waals surface area contributed by atoms with Crippen molar-refractivity contribution in [2.75, 3.05) is 4.90 Å². The Morgan fingerprint density at radius 2 is 1.27 bits per heavy atom. The van der Waals surface area contributed by atoms with Crippen LogP contribution in [0.15, 0.2) is 132 Å². The summed E-state index contributed by atoms with van der Waals surface area (Å²) in [4.78, 5) is 33.0. The van der Waals surface area contributed by atoms with Crippen LogP contribution in [0.5, 0.6) is 5.75 Å². The van der Waals surface area contributed by atoms with Gasteiger partial charge < -0.3 is 4.74 Å². The first-order valence-electron chi connectivity index (χ1n) is 11.6. The van der Waals surface area contributed by atoms with Gasteiger partial charge in [0.1, 0.15) is 0 Å². The van der Waals surface area contributed by atoms with Crippen LogP contribution in [0.2, 0.25) is 0 Å². The lowest BCUT2D eigenvalue weighted by Gasteiger charge is -2.25. The summed E-state index contributed by atoms with van der Waals surface area (Å²) in [5.74, 6) is -0.648. The normalized spacial score (nSPS) is 10.5. The first kappa shape index (κ1) is 24.2. The van der Waals surface area contributed by atoms with Gasteiger partial charge in [-0.2, -0.15) is 0 Å². The largest absolute Gasteiger partial charge is 0.419 e. The molecule has 5 rings (SSSR count). The number of amides is 1. The maximum absolute atomic E-state index is 13.9. The van der Waals surface area contributed by atoms with E-state index >= 15 is 0 Å². The van der Waals surface area contributed by atoms with Gasteiger partial charge in [0.25, 0.3) is 5.91 Å². The number of aromatic nitrogens is 1. The van der Waals surface area contributed by atoms with Gasteiger partial charge in [-0.05, 0) is 54.6 Å². The number of pyridine rings is 1. The zero-order chi connectivity index (χ0) is 25.6. The first-order valence-corrected chi connectivity index (χ1v) is 12.4. The molecule has 0 fully saturated rings. The van der Waals surface area contributed by atoms with E-state index in [1.165, 1.54) is 6.20 Å². The first-order chi connectivity index (χ1) is 18.1. The summed E-state index contributed by atoms with van der Waals surface area (Å²) in [5, 5.41) is 0. The summed E-state index contributed by atoms with van der Waals surface area (Å²) in [5.41, 5.74) is 3.40. The fourth-order valence-electron chi connectivity index (χ4n) is 3.85. The third-order valence-electron chi connectivity index (χ3n) is 5.68. The Hall–Kier alpha value is -4.55. The van der Waals surface area contributed by atoms with Gasteiger partial charge in [-0.15, -0.1) is 0 Å². The highest BCUT2D eigenvalue weighted by Gasteiger charge is 2.25. The van der Waals surface area contributed by atoms with Gasteiger partial charge in [0, 0.05) is 21.3 Å². The van der Waals surface area contributed by atoms with Crippen molar-refractivity contribution in [3.05, 3.63) is 143 Å². The smallest absolute Gasteiger partial charge is 0.343 e. The Morgan fingerprint density at radius 1 is 0.703 bits per heavy atom. The number of benzene rings is 4. The monoisotopic (exact) mass is 548 g/mol. The van der Waals surface area contributed by atoms with Crippen molar-refractivity contribution in [1.82, 2.24) is 4.98 Å². The third-order valence-corrected chi connectivity index (χ3v) is 6.21. The molecule has 0 aliphatic heterocycles. The van der Waals surface area contributed by atoms with Crippen LogP contribution in [0.1, 0.15) is 20.7 Å².